The van der Waals surface area contributed by atoms with Crippen molar-refractivity contribution < 1.29 is 8.78 Å². The maximum atomic E-state index is 13.2. The molecule has 1 atom stereocenters. The van der Waals surface area contributed by atoms with E-state index in [1.165, 1.54) is 17.7 Å². The first-order valence-electron chi connectivity index (χ1n) is 7.07. The summed E-state index contributed by atoms with van der Waals surface area (Å²) in [6.45, 7) is 6.45. The number of hydrogen-bond donors (Lipinski definition) is 1. The lowest BCUT2D eigenvalue weighted by Crippen LogP contribution is -2.15. The van der Waals surface area contributed by atoms with Gasteiger partial charge in [-0.05, 0) is 40.7 Å². The van der Waals surface area contributed by atoms with E-state index in [2.05, 4.69) is 32.9 Å². The van der Waals surface area contributed by atoms with E-state index in [0.717, 1.165) is 11.6 Å². The fourth-order valence-corrected chi connectivity index (χ4v) is 2.33. The standard InChI is InChI=1S/C18H21F2N/c1-18(2,3)14-6-4-13(5-7-14)17(21)10-12-8-15(19)11-16(20)9-12/h4-9,11,17H,10,21H2,1-3H3. The Morgan fingerprint density at radius 1 is 0.952 bits per heavy atom. The monoisotopic (exact) mass is 289 g/mol. The molecular weight excluding hydrogens is 268 g/mol. The SMILES string of the molecule is CC(C)(C)c1ccc(C(N)Cc2cc(F)cc(F)c2)cc1. The lowest BCUT2D eigenvalue weighted by Gasteiger charge is -2.20. The highest BCUT2D eigenvalue weighted by atomic mass is 19.1. The minimum atomic E-state index is -0.569. The van der Waals surface area contributed by atoms with Crippen LogP contribution in [0.5, 0.6) is 0 Å². The smallest absolute Gasteiger partial charge is 0.126 e. The maximum Gasteiger partial charge on any atom is 0.126 e. The predicted octanol–water partition coefficient (Wildman–Crippen LogP) is 4.50. The minimum Gasteiger partial charge on any atom is -0.324 e. The van der Waals surface area contributed by atoms with E-state index < -0.39 is 11.6 Å². The van der Waals surface area contributed by atoms with Crippen molar-refractivity contribution in [2.75, 3.05) is 0 Å². The summed E-state index contributed by atoms with van der Waals surface area (Å²) in [7, 11) is 0. The molecule has 3 heteroatoms. The third-order valence-electron chi connectivity index (χ3n) is 3.58. The van der Waals surface area contributed by atoms with Crippen LogP contribution in [0.3, 0.4) is 0 Å². The molecule has 0 radical (unpaired) electrons. The number of nitrogens with two attached hydrogens (primary N) is 1. The first-order valence-corrected chi connectivity index (χ1v) is 7.07. The average Bonchev–Trinajstić information content (AvgIpc) is 2.36. The summed E-state index contributed by atoms with van der Waals surface area (Å²) in [5.41, 5.74) is 9.00. The van der Waals surface area contributed by atoms with Gasteiger partial charge in [-0.2, -0.15) is 0 Å². The first kappa shape index (κ1) is 15.6. The van der Waals surface area contributed by atoms with Crippen molar-refractivity contribution in [2.24, 2.45) is 5.73 Å². The third kappa shape index (κ3) is 4.11. The Hall–Kier alpha value is -1.74. The molecule has 0 fully saturated rings. The van der Waals surface area contributed by atoms with Gasteiger partial charge in [0.15, 0.2) is 0 Å². The van der Waals surface area contributed by atoms with Gasteiger partial charge in [0.1, 0.15) is 11.6 Å². The second-order valence-electron chi connectivity index (χ2n) is 6.46. The van der Waals surface area contributed by atoms with Gasteiger partial charge < -0.3 is 5.73 Å². The topological polar surface area (TPSA) is 26.0 Å². The van der Waals surface area contributed by atoms with Gasteiger partial charge in [-0.15, -0.1) is 0 Å². The molecular formula is C18H21F2N. The summed E-state index contributed by atoms with van der Waals surface area (Å²) in [6, 6.07) is 11.3. The van der Waals surface area contributed by atoms with Crippen LogP contribution >= 0.6 is 0 Å². The minimum absolute atomic E-state index is 0.0916. The van der Waals surface area contributed by atoms with Crippen LogP contribution in [0.25, 0.3) is 0 Å². The highest BCUT2D eigenvalue weighted by Gasteiger charge is 2.14. The van der Waals surface area contributed by atoms with E-state index in [-0.39, 0.29) is 11.5 Å². The molecule has 0 aliphatic carbocycles. The Balaban J connectivity index is 2.15. The lowest BCUT2D eigenvalue weighted by atomic mass is 9.86. The van der Waals surface area contributed by atoms with Gasteiger partial charge in [0, 0.05) is 12.1 Å². The molecule has 0 heterocycles. The molecule has 1 unspecified atom stereocenters. The normalized spacial score (nSPS) is 13.2. The van der Waals surface area contributed by atoms with Gasteiger partial charge in [-0.25, -0.2) is 8.78 Å². The van der Waals surface area contributed by atoms with Gasteiger partial charge in [0.25, 0.3) is 0 Å². The molecule has 0 aliphatic heterocycles. The largest absolute Gasteiger partial charge is 0.324 e. The Kier molecular flexibility index (Phi) is 4.43. The van der Waals surface area contributed by atoms with E-state index in [1.807, 2.05) is 12.1 Å². The second kappa shape index (κ2) is 5.94. The maximum absolute atomic E-state index is 13.2. The lowest BCUT2D eigenvalue weighted by molar-refractivity contribution is 0.576. The van der Waals surface area contributed by atoms with E-state index in [9.17, 15) is 8.78 Å². The number of halogens is 2. The van der Waals surface area contributed by atoms with Crippen molar-refractivity contribution in [2.45, 2.75) is 38.6 Å². The van der Waals surface area contributed by atoms with E-state index in [0.29, 0.717) is 12.0 Å². The van der Waals surface area contributed by atoms with Gasteiger partial charge in [-0.3, -0.25) is 0 Å². The van der Waals surface area contributed by atoms with Crippen LogP contribution in [0.15, 0.2) is 42.5 Å². The zero-order chi connectivity index (χ0) is 15.6. The van der Waals surface area contributed by atoms with Crippen molar-refractivity contribution in [3.05, 3.63) is 70.8 Å². The van der Waals surface area contributed by atoms with Crippen LogP contribution in [0.4, 0.5) is 8.78 Å². The summed E-state index contributed by atoms with van der Waals surface area (Å²) in [5, 5.41) is 0. The van der Waals surface area contributed by atoms with E-state index in [1.54, 1.807) is 0 Å². The summed E-state index contributed by atoms with van der Waals surface area (Å²) in [5.74, 6) is -1.14. The summed E-state index contributed by atoms with van der Waals surface area (Å²) in [4.78, 5) is 0. The van der Waals surface area contributed by atoms with Crippen molar-refractivity contribution in [3.63, 3.8) is 0 Å². The number of rotatable bonds is 3. The Bertz CT molecular complexity index is 592. The molecule has 2 N–H and O–H groups in total. The third-order valence-corrected chi connectivity index (χ3v) is 3.58. The summed E-state index contributed by atoms with van der Waals surface area (Å²) in [6.07, 6.45) is 0.406. The fraction of sp³-hybridized carbons (Fsp3) is 0.333. The number of hydrogen-bond acceptors (Lipinski definition) is 1. The Morgan fingerprint density at radius 3 is 1.95 bits per heavy atom. The molecule has 0 amide bonds. The highest BCUT2D eigenvalue weighted by molar-refractivity contribution is 5.30. The summed E-state index contributed by atoms with van der Waals surface area (Å²) < 4.78 is 26.4. The summed E-state index contributed by atoms with van der Waals surface area (Å²) >= 11 is 0. The van der Waals surface area contributed by atoms with Gasteiger partial charge in [-0.1, -0.05) is 45.0 Å². The van der Waals surface area contributed by atoms with Crippen molar-refractivity contribution >= 4 is 0 Å². The highest BCUT2D eigenvalue weighted by Crippen LogP contribution is 2.24. The van der Waals surface area contributed by atoms with Crippen LogP contribution in [0.2, 0.25) is 0 Å². The predicted molar refractivity (Wildman–Crippen MR) is 82.1 cm³/mol. The van der Waals surface area contributed by atoms with E-state index in [4.69, 9.17) is 5.73 Å². The fourth-order valence-electron chi connectivity index (χ4n) is 2.33. The van der Waals surface area contributed by atoms with Crippen LogP contribution in [0, 0.1) is 11.6 Å². The number of benzene rings is 2. The first-order chi connectivity index (χ1) is 9.75. The molecule has 0 aliphatic rings. The van der Waals surface area contributed by atoms with Crippen LogP contribution in [-0.4, -0.2) is 0 Å². The van der Waals surface area contributed by atoms with Crippen molar-refractivity contribution in [1.82, 2.24) is 0 Å². The molecule has 0 bridgehead atoms. The van der Waals surface area contributed by atoms with Crippen molar-refractivity contribution in [1.29, 1.82) is 0 Å². The quantitative estimate of drug-likeness (QED) is 0.884. The molecule has 0 saturated heterocycles. The van der Waals surface area contributed by atoms with Gasteiger partial charge >= 0.3 is 0 Å². The molecule has 2 aromatic carbocycles. The Morgan fingerprint density at radius 2 is 1.48 bits per heavy atom. The zero-order valence-corrected chi connectivity index (χ0v) is 12.7. The van der Waals surface area contributed by atoms with Gasteiger partial charge in [0.2, 0.25) is 0 Å². The van der Waals surface area contributed by atoms with Crippen LogP contribution in [-0.2, 0) is 11.8 Å². The molecule has 21 heavy (non-hydrogen) atoms. The second-order valence-corrected chi connectivity index (χ2v) is 6.46. The van der Waals surface area contributed by atoms with Crippen LogP contribution < -0.4 is 5.73 Å². The molecule has 0 aromatic heterocycles. The molecule has 2 rings (SSSR count). The molecule has 0 spiro atoms. The zero-order valence-electron chi connectivity index (χ0n) is 12.7. The van der Waals surface area contributed by atoms with Crippen LogP contribution in [0.1, 0.15) is 43.5 Å². The van der Waals surface area contributed by atoms with Crippen molar-refractivity contribution in [3.8, 4) is 0 Å². The average molecular weight is 289 g/mol. The van der Waals surface area contributed by atoms with Gasteiger partial charge in [0.05, 0.1) is 0 Å². The molecule has 1 nitrogen and oxygen atoms in total. The molecule has 112 valence electrons. The van der Waals surface area contributed by atoms with E-state index >= 15 is 0 Å². The Labute approximate surface area is 124 Å². The molecule has 2 aromatic rings. The molecule has 0 saturated carbocycles.